The summed E-state index contributed by atoms with van der Waals surface area (Å²) < 4.78 is 13.1. The number of nitrogens with two attached hydrogens (primary N) is 1. The molecule has 0 aromatic rings. The lowest BCUT2D eigenvalue weighted by Crippen LogP contribution is -2.56. The largest absolute Gasteiger partial charge is 0.465 e. The number of rotatable bonds is 8. The van der Waals surface area contributed by atoms with Crippen LogP contribution < -0.4 is 16.5 Å². The number of carbonyl (C=O) groups is 4. The number of hydrogen-bond donors (Lipinski definition) is 4. The Morgan fingerprint density at radius 1 is 1.23 bits per heavy atom. The fourth-order valence-electron chi connectivity index (χ4n) is 2.91. The Morgan fingerprint density at radius 2 is 1.85 bits per heavy atom. The normalized spacial score (nSPS) is 17.0. The molecule has 0 saturated heterocycles. The van der Waals surface area contributed by atoms with E-state index in [1.807, 2.05) is 0 Å². The molecule has 0 aliphatic heterocycles. The van der Waals surface area contributed by atoms with Crippen LogP contribution in [0.25, 0.3) is 0 Å². The molecule has 26 heavy (non-hydrogen) atoms. The van der Waals surface area contributed by atoms with Crippen LogP contribution in [0.2, 0.25) is 0 Å². The number of amides is 4. The number of carboxylic acid groups (broad SMARTS) is 1. The van der Waals surface area contributed by atoms with Crippen molar-refractivity contribution >= 4 is 35.4 Å². The number of hydrazine groups is 1. The molecule has 0 radical (unpaired) electrons. The van der Waals surface area contributed by atoms with E-state index >= 15 is 0 Å². The SMILES string of the molecule is NC(=O)CCN(NC(=O)[C@H](CC1CCCCC1)NC(=O)O)C(=O)[C@@H](F)Cl. The van der Waals surface area contributed by atoms with Crippen molar-refractivity contribution in [3.63, 3.8) is 0 Å². The van der Waals surface area contributed by atoms with Gasteiger partial charge in [0.1, 0.15) is 6.04 Å². The molecular weight excluding hydrogens is 371 g/mol. The Labute approximate surface area is 155 Å². The van der Waals surface area contributed by atoms with E-state index in [1.54, 1.807) is 0 Å². The van der Waals surface area contributed by atoms with Crippen LogP contribution >= 0.6 is 11.6 Å². The summed E-state index contributed by atoms with van der Waals surface area (Å²) >= 11 is 5.11. The minimum absolute atomic E-state index is 0.170. The molecule has 5 N–H and O–H groups in total. The molecule has 1 aliphatic carbocycles. The number of nitrogens with one attached hydrogen (secondary N) is 2. The molecule has 1 fully saturated rings. The predicted octanol–water partition coefficient (Wildman–Crippen LogP) is 0.863. The molecule has 1 rings (SSSR count). The van der Waals surface area contributed by atoms with Crippen molar-refractivity contribution < 1.29 is 28.7 Å². The maximum atomic E-state index is 13.1. The molecule has 9 nitrogen and oxygen atoms in total. The fraction of sp³-hybridized carbons (Fsp3) is 0.733. The van der Waals surface area contributed by atoms with E-state index in [9.17, 15) is 23.6 Å². The second-order valence-electron chi connectivity index (χ2n) is 6.22. The van der Waals surface area contributed by atoms with Crippen LogP contribution in [-0.2, 0) is 14.4 Å². The summed E-state index contributed by atoms with van der Waals surface area (Å²) in [7, 11) is 0. The minimum atomic E-state index is -2.42. The third-order valence-corrected chi connectivity index (χ3v) is 4.37. The zero-order chi connectivity index (χ0) is 19.7. The van der Waals surface area contributed by atoms with Crippen molar-refractivity contribution in [2.45, 2.75) is 56.6 Å². The first-order chi connectivity index (χ1) is 12.2. The lowest BCUT2D eigenvalue weighted by atomic mass is 9.84. The van der Waals surface area contributed by atoms with Crippen molar-refractivity contribution in [1.29, 1.82) is 0 Å². The van der Waals surface area contributed by atoms with Gasteiger partial charge in [-0.15, -0.1) is 0 Å². The second kappa shape index (κ2) is 10.8. The molecule has 11 heteroatoms. The van der Waals surface area contributed by atoms with Gasteiger partial charge in [-0.1, -0.05) is 43.7 Å². The molecule has 0 heterocycles. The van der Waals surface area contributed by atoms with E-state index in [2.05, 4.69) is 10.7 Å². The summed E-state index contributed by atoms with van der Waals surface area (Å²) in [6, 6.07) is -1.12. The van der Waals surface area contributed by atoms with E-state index in [1.165, 1.54) is 0 Å². The smallest absolute Gasteiger partial charge is 0.405 e. The van der Waals surface area contributed by atoms with Gasteiger partial charge in [-0.2, -0.15) is 0 Å². The molecule has 0 bridgehead atoms. The van der Waals surface area contributed by atoms with E-state index in [4.69, 9.17) is 22.4 Å². The van der Waals surface area contributed by atoms with Crippen LogP contribution in [0.4, 0.5) is 9.18 Å². The van der Waals surface area contributed by atoms with Gasteiger partial charge in [0.25, 0.3) is 17.4 Å². The number of hydrogen-bond acceptors (Lipinski definition) is 4. The zero-order valence-corrected chi connectivity index (χ0v) is 15.0. The molecule has 148 valence electrons. The van der Waals surface area contributed by atoms with E-state index in [-0.39, 0.29) is 25.3 Å². The standard InChI is InChI=1S/C15H24ClFN4O5/c16-12(17)14(24)21(7-6-11(18)22)20-13(23)10(19-15(25)26)8-9-4-2-1-3-5-9/h9-10,12,19H,1-8H2,(H2,18,22)(H,20,23)(H,25,26)/t10-,12+/m0/s1. The molecule has 0 aromatic carbocycles. The highest BCUT2D eigenvalue weighted by molar-refractivity contribution is 6.29. The summed E-state index contributed by atoms with van der Waals surface area (Å²) in [4.78, 5) is 46.0. The van der Waals surface area contributed by atoms with Gasteiger partial charge in [0.05, 0.1) is 6.54 Å². The zero-order valence-electron chi connectivity index (χ0n) is 14.2. The van der Waals surface area contributed by atoms with Gasteiger partial charge in [0, 0.05) is 6.42 Å². The highest BCUT2D eigenvalue weighted by Gasteiger charge is 2.30. The molecule has 0 aromatic heterocycles. The van der Waals surface area contributed by atoms with Gasteiger partial charge < -0.3 is 16.2 Å². The third-order valence-electron chi connectivity index (χ3n) is 4.19. The molecule has 0 spiro atoms. The summed E-state index contributed by atoms with van der Waals surface area (Å²) in [5, 5.41) is 11.6. The van der Waals surface area contributed by atoms with Crippen molar-refractivity contribution in [3.05, 3.63) is 0 Å². The van der Waals surface area contributed by atoms with Crippen LogP contribution in [0.5, 0.6) is 0 Å². The summed E-state index contributed by atoms with van der Waals surface area (Å²) in [5.41, 5.74) is 4.70. The van der Waals surface area contributed by atoms with Crippen LogP contribution in [0.15, 0.2) is 0 Å². The number of carbonyl (C=O) groups excluding carboxylic acids is 3. The van der Waals surface area contributed by atoms with Crippen LogP contribution in [-0.4, -0.2) is 52.1 Å². The maximum Gasteiger partial charge on any atom is 0.405 e. The third kappa shape index (κ3) is 7.85. The average Bonchev–Trinajstić information content (AvgIpc) is 2.57. The average molecular weight is 395 g/mol. The van der Waals surface area contributed by atoms with Gasteiger partial charge in [-0.25, -0.2) is 14.2 Å². The predicted molar refractivity (Wildman–Crippen MR) is 90.6 cm³/mol. The summed E-state index contributed by atoms with van der Waals surface area (Å²) in [6.45, 7) is -0.379. The molecular formula is C15H24ClFN4O5. The highest BCUT2D eigenvalue weighted by Crippen LogP contribution is 2.27. The Morgan fingerprint density at radius 3 is 2.35 bits per heavy atom. The number of primary amides is 1. The van der Waals surface area contributed by atoms with Gasteiger partial charge in [0.2, 0.25) is 5.91 Å². The second-order valence-corrected chi connectivity index (χ2v) is 6.61. The quantitative estimate of drug-likeness (QED) is 0.357. The van der Waals surface area contributed by atoms with Crippen molar-refractivity contribution in [3.8, 4) is 0 Å². The Balaban J connectivity index is 2.78. The maximum absolute atomic E-state index is 13.1. The minimum Gasteiger partial charge on any atom is -0.465 e. The van der Waals surface area contributed by atoms with Crippen molar-refractivity contribution in [2.24, 2.45) is 11.7 Å². The van der Waals surface area contributed by atoms with Crippen LogP contribution in [0.3, 0.4) is 0 Å². The fourth-order valence-corrected chi connectivity index (χ4v) is 3.03. The monoisotopic (exact) mass is 394 g/mol. The van der Waals surface area contributed by atoms with Crippen LogP contribution in [0, 0.1) is 5.92 Å². The summed E-state index contributed by atoms with van der Waals surface area (Å²) in [5.74, 6) is -2.69. The Hall–Kier alpha value is -2.10. The van der Waals surface area contributed by atoms with E-state index in [0.29, 0.717) is 5.01 Å². The molecule has 0 unspecified atom stereocenters. The molecule has 1 saturated carbocycles. The van der Waals surface area contributed by atoms with Gasteiger partial charge in [-0.3, -0.25) is 19.8 Å². The lowest BCUT2D eigenvalue weighted by molar-refractivity contribution is -0.144. The van der Waals surface area contributed by atoms with Crippen molar-refractivity contribution in [1.82, 2.24) is 15.8 Å². The Bertz CT molecular complexity index is 528. The molecule has 2 atom stereocenters. The van der Waals surface area contributed by atoms with Gasteiger partial charge in [0.15, 0.2) is 0 Å². The lowest BCUT2D eigenvalue weighted by Gasteiger charge is -2.29. The van der Waals surface area contributed by atoms with Crippen molar-refractivity contribution in [2.75, 3.05) is 6.54 Å². The molecule has 1 aliphatic rings. The highest BCUT2D eigenvalue weighted by atomic mass is 35.5. The molecule has 4 amide bonds. The summed E-state index contributed by atoms with van der Waals surface area (Å²) in [6.07, 6.45) is 3.41. The van der Waals surface area contributed by atoms with Gasteiger partial charge in [-0.05, 0) is 12.3 Å². The van der Waals surface area contributed by atoms with Gasteiger partial charge >= 0.3 is 6.09 Å². The topological polar surface area (TPSA) is 142 Å². The number of alkyl halides is 2. The number of halogens is 2. The Kier molecular flexibility index (Phi) is 9.11. The van der Waals surface area contributed by atoms with E-state index in [0.717, 1.165) is 32.1 Å². The first kappa shape index (κ1) is 21.9. The first-order valence-electron chi connectivity index (χ1n) is 8.38. The van der Waals surface area contributed by atoms with E-state index < -0.39 is 35.5 Å². The first-order valence-corrected chi connectivity index (χ1v) is 8.82. The number of nitrogens with zero attached hydrogens (tertiary/aromatic N) is 1. The van der Waals surface area contributed by atoms with Crippen LogP contribution in [0.1, 0.15) is 44.9 Å².